The number of hydrogen-bond acceptors (Lipinski definition) is 5. The first kappa shape index (κ1) is 11.9. The number of pyridine rings is 1. The SMILES string of the molecule is NNc1ccncc1S(=O)(=O)N1CC2CCC1C2. The van der Waals surface area contributed by atoms with Gasteiger partial charge in [-0.3, -0.25) is 10.8 Å². The van der Waals surface area contributed by atoms with E-state index in [1.165, 1.54) is 12.4 Å². The lowest BCUT2D eigenvalue weighted by molar-refractivity contribution is 0.333. The van der Waals surface area contributed by atoms with Crippen molar-refractivity contribution in [3.63, 3.8) is 0 Å². The molecule has 7 heteroatoms. The number of nitrogens with one attached hydrogen (secondary N) is 1. The summed E-state index contributed by atoms with van der Waals surface area (Å²) in [5.74, 6) is 5.89. The van der Waals surface area contributed by atoms with Crippen molar-refractivity contribution in [3.05, 3.63) is 18.5 Å². The maximum atomic E-state index is 12.6. The minimum absolute atomic E-state index is 0.158. The maximum absolute atomic E-state index is 12.6. The van der Waals surface area contributed by atoms with E-state index in [9.17, 15) is 8.42 Å². The summed E-state index contributed by atoms with van der Waals surface area (Å²) < 4.78 is 26.8. The largest absolute Gasteiger partial charge is 0.323 e. The number of nitrogen functional groups attached to an aromatic ring is 1. The van der Waals surface area contributed by atoms with E-state index in [0.29, 0.717) is 18.2 Å². The van der Waals surface area contributed by atoms with E-state index >= 15 is 0 Å². The molecule has 2 aliphatic rings. The maximum Gasteiger partial charge on any atom is 0.246 e. The topological polar surface area (TPSA) is 88.3 Å². The van der Waals surface area contributed by atoms with Crippen molar-refractivity contribution in [2.45, 2.75) is 30.2 Å². The number of nitrogens with two attached hydrogens (primary N) is 1. The number of aromatic nitrogens is 1. The zero-order valence-electron chi connectivity index (χ0n) is 9.91. The van der Waals surface area contributed by atoms with Crippen LogP contribution in [0.25, 0.3) is 0 Å². The first-order chi connectivity index (χ1) is 8.63. The van der Waals surface area contributed by atoms with E-state index in [4.69, 9.17) is 5.84 Å². The van der Waals surface area contributed by atoms with Crippen LogP contribution in [0.15, 0.2) is 23.4 Å². The van der Waals surface area contributed by atoms with Gasteiger partial charge in [0.2, 0.25) is 10.0 Å². The average Bonchev–Trinajstić information content (AvgIpc) is 3.01. The molecule has 3 N–H and O–H groups in total. The number of rotatable bonds is 3. The highest BCUT2D eigenvalue weighted by molar-refractivity contribution is 7.89. The molecule has 2 atom stereocenters. The minimum Gasteiger partial charge on any atom is -0.323 e. The number of piperidine rings is 1. The van der Waals surface area contributed by atoms with Crippen LogP contribution in [0.5, 0.6) is 0 Å². The van der Waals surface area contributed by atoms with Gasteiger partial charge in [0.1, 0.15) is 4.90 Å². The Morgan fingerprint density at radius 3 is 2.89 bits per heavy atom. The van der Waals surface area contributed by atoms with E-state index < -0.39 is 10.0 Å². The fourth-order valence-corrected chi connectivity index (χ4v) is 4.85. The van der Waals surface area contributed by atoms with E-state index in [1.54, 1.807) is 10.4 Å². The van der Waals surface area contributed by atoms with Gasteiger partial charge in [0, 0.05) is 25.0 Å². The second-order valence-electron chi connectivity index (χ2n) is 4.92. The number of hydrogen-bond donors (Lipinski definition) is 2. The fraction of sp³-hybridized carbons (Fsp3) is 0.545. The predicted molar refractivity (Wildman–Crippen MR) is 67.1 cm³/mol. The molecule has 2 bridgehead atoms. The highest BCUT2D eigenvalue weighted by atomic mass is 32.2. The third kappa shape index (κ3) is 1.70. The molecule has 0 radical (unpaired) electrons. The molecule has 2 unspecified atom stereocenters. The molecule has 6 nitrogen and oxygen atoms in total. The van der Waals surface area contributed by atoms with Crippen LogP contribution in [0.1, 0.15) is 19.3 Å². The summed E-state index contributed by atoms with van der Waals surface area (Å²) in [6.07, 6.45) is 5.98. The van der Waals surface area contributed by atoms with Crippen LogP contribution in [-0.4, -0.2) is 30.3 Å². The quantitative estimate of drug-likeness (QED) is 0.617. The minimum atomic E-state index is -3.48. The zero-order valence-corrected chi connectivity index (χ0v) is 10.7. The number of fused-ring (bicyclic) bond motifs is 2. The molecule has 0 aromatic carbocycles. The molecule has 2 fully saturated rings. The lowest BCUT2D eigenvalue weighted by Gasteiger charge is -2.26. The van der Waals surface area contributed by atoms with Gasteiger partial charge in [-0.25, -0.2) is 8.42 Å². The van der Waals surface area contributed by atoms with Crippen LogP contribution in [0, 0.1) is 5.92 Å². The summed E-state index contributed by atoms with van der Waals surface area (Å²) in [5, 5.41) is 0. The van der Waals surface area contributed by atoms with Crippen molar-refractivity contribution in [3.8, 4) is 0 Å². The van der Waals surface area contributed by atoms with Gasteiger partial charge < -0.3 is 5.43 Å². The van der Waals surface area contributed by atoms with Crippen LogP contribution in [-0.2, 0) is 10.0 Å². The molecule has 98 valence electrons. The Hall–Kier alpha value is -1.18. The van der Waals surface area contributed by atoms with Crippen LogP contribution in [0.3, 0.4) is 0 Å². The predicted octanol–water partition coefficient (Wildman–Crippen LogP) is 0.540. The van der Waals surface area contributed by atoms with Crippen molar-refractivity contribution in [2.24, 2.45) is 11.8 Å². The van der Waals surface area contributed by atoms with Gasteiger partial charge >= 0.3 is 0 Å². The summed E-state index contributed by atoms with van der Waals surface area (Å²) in [6.45, 7) is 0.631. The van der Waals surface area contributed by atoms with Crippen LogP contribution in [0.2, 0.25) is 0 Å². The second-order valence-corrected chi connectivity index (χ2v) is 6.78. The number of nitrogens with zero attached hydrogens (tertiary/aromatic N) is 2. The Kier molecular flexibility index (Phi) is 2.76. The van der Waals surface area contributed by atoms with Crippen molar-refractivity contribution >= 4 is 15.7 Å². The normalized spacial score (nSPS) is 27.6. The third-order valence-corrected chi connectivity index (χ3v) is 5.83. The second kappa shape index (κ2) is 4.18. The van der Waals surface area contributed by atoms with Crippen LogP contribution < -0.4 is 11.3 Å². The van der Waals surface area contributed by atoms with Gasteiger partial charge in [-0.2, -0.15) is 4.31 Å². The Morgan fingerprint density at radius 2 is 2.28 bits per heavy atom. The molecule has 18 heavy (non-hydrogen) atoms. The summed E-state index contributed by atoms with van der Waals surface area (Å²) >= 11 is 0. The van der Waals surface area contributed by atoms with E-state index in [0.717, 1.165) is 19.3 Å². The molecule has 1 aromatic rings. The molecule has 3 rings (SSSR count). The zero-order chi connectivity index (χ0) is 12.8. The monoisotopic (exact) mass is 268 g/mol. The van der Waals surface area contributed by atoms with Gasteiger partial charge in [0.25, 0.3) is 0 Å². The van der Waals surface area contributed by atoms with Gasteiger partial charge in [0.15, 0.2) is 0 Å². The fourth-order valence-electron chi connectivity index (χ4n) is 3.00. The van der Waals surface area contributed by atoms with E-state index in [-0.39, 0.29) is 10.9 Å². The molecule has 1 saturated heterocycles. The number of anilines is 1. The smallest absolute Gasteiger partial charge is 0.246 e. The molecule has 1 aliphatic heterocycles. The Labute approximate surface area is 106 Å². The summed E-state index contributed by atoms with van der Waals surface area (Å²) in [7, 11) is -3.48. The number of hydrazine groups is 1. The first-order valence-corrected chi connectivity index (χ1v) is 7.49. The van der Waals surface area contributed by atoms with Gasteiger partial charge in [-0.1, -0.05) is 0 Å². The summed E-state index contributed by atoms with van der Waals surface area (Å²) in [5.41, 5.74) is 2.82. The van der Waals surface area contributed by atoms with Crippen LogP contribution >= 0.6 is 0 Å². The van der Waals surface area contributed by atoms with E-state index in [2.05, 4.69) is 10.4 Å². The highest BCUT2D eigenvalue weighted by Gasteiger charge is 2.44. The Balaban J connectivity index is 2.00. The van der Waals surface area contributed by atoms with E-state index in [1.807, 2.05) is 0 Å². The molecule has 0 spiro atoms. The number of sulfonamides is 1. The Bertz CT molecular complexity index is 560. The molecule has 2 heterocycles. The Morgan fingerprint density at radius 1 is 1.44 bits per heavy atom. The van der Waals surface area contributed by atoms with Crippen molar-refractivity contribution in [2.75, 3.05) is 12.0 Å². The first-order valence-electron chi connectivity index (χ1n) is 6.05. The van der Waals surface area contributed by atoms with Crippen LogP contribution in [0.4, 0.5) is 5.69 Å². The van der Waals surface area contributed by atoms with Crippen molar-refractivity contribution < 1.29 is 8.42 Å². The standard InChI is InChI=1S/C11H16N4O2S/c12-14-10-3-4-13-6-11(10)18(16,17)15-7-8-1-2-9(15)5-8/h3-4,6,8-9H,1-2,5,7,12H2,(H,13,14). The molecule has 1 aliphatic carbocycles. The molecule has 1 aromatic heterocycles. The third-order valence-electron chi connectivity index (χ3n) is 3.89. The molecule has 1 saturated carbocycles. The molecule has 0 amide bonds. The van der Waals surface area contributed by atoms with Gasteiger partial charge in [-0.15, -0.1) is 0 Å². The molecular formula is C11H16N4O2S. The summed E-state index contributed by atoms with van der Waals surface area (Å²) in [6, 6.07) is 1.73. The average molecular weight is 268 g/mol. The van der Waals surface area contributed by atoms with Gasteiger partial charge in [0.05, 0.1) is 5.69 Å². The summed E-state index contributed by atoms with van der Waals surface area (Å²) in [4.78, 5) is 4.06. The van der Waals surface area contributed by atoms with Crippen molar-refractivity contribution in [1.29, 1.82) is 0 Å². The molecular weight excluding hydrogens is 252 g/mol. The lowest BCUT2D eigenvalue weighted by Crippen LogP contribution is -2.38. The lowest BCUT2D eigenvalue weighted by atomic mass is 10.1. The van der Waals surface area contributed by atoms with Crippen molar-refractivity contribution in [1.82, 2.24) is 9.29 Å². The van der Waals surface area contributed by atoms with Gasteiger partial charge in [-0.05, 0) is 31.2 Å². The highest BCUT2D eigenvalue weighted by Crippen LogP contribution is 2.41.